The molecule has 1 heterocycles. The van der Waals surface area contributed by atoms with Crippen LogP contribution in [0.2, 0.25) is 0 Å². The van der Waals surface area contributed by atoms with Crippen LogP contribution in [-0.4, -0.2) is 22.9 Å². The molecule has 0 saturated carbocycles. The molecule has 116 valence electrons. The third kappa shape index (κ3) is 3.40. The Labute approximate surface area is 131 Å². The fourth-order valence-electron chi connectivity index (χ4n) is 1.75. The number of rotatable bonds is 5. The number of aromatic nitrogens is 1. The minimum absolute atomic E-state index is 0.109. The second kappa shape index (κ2) is 6.52. The molecule has 1 N–H and O–H groups in total. The Hall–Kier alpha value is -2.48. The lowest BCUT2D eigenvalue weighted by Gasteiger charge is -2.05. The number of hydrogen-bond donors (Lipinski definition) is 1. The molecule has 8 heteroatoms. The normalized spacial score (nSPS) is 10.5. The molecule has 0 aliphatic rings. The van der Waals surface area contributed by atoms with Crippen LogP contribution >= 0.6 is 11.3 Å². The van der Waals surface area contributed by atoms with Crippen LogP contribution in [0.1, 0.15) is 35.8 Å². The lowest BCUT2D eigenvalue weighted by molar-refractivity contribution is -0.385. The highest BCUT2D eigenvalue weighted by Gasteiger charge is 2.19. The molecule has 0 radical (unpaired) electrons. The Morgan fingerprint density at radius 2 is 2.18 bits per heavy atom. The Balaban J connectivity index is 2.22. The number of methoxy groups -OCH3 is 1. The molecule has 0 aliphatic carbocycles. The van der Waals surface area contributed by atoms with Gasteiger partial charge in [0.1, 0.15) is 0 Å². The number of nitro groups is 1. The van der Waals surface area contributed by atoms with E-state index in [-0.39, 0.29) is 22.9 Å². The van der Waals surface area contributed by atoms with E-state index in [0.717, 1.165) is 5.69 Å². The summed E-state index contributed by atoms with van der Waals surface area (Å²) >= 11 is 1.32. The molecule has 7 nitrogen and oxygen atoms in total. The molecular formula is C14H15N3O4S. The topological polar surface area (TPSA) is 94.4 Å². The Morgan fingerprint density at radius 1 is 1.45 bits per heavy atom. The van der Waals surface area contributed by atoms with Gasteiger partial charge < -0.3 is 4.74 Å². The van der Waals surface area contributed by atoms with E-state index in [4.69, 9.17) is 4.74 Å². The summed E-state index contributed by atoms with van der Waals surface area (Å²) in [5, 5.41) is 16.0. The number of hydrogen-bond acceptors (Lipinski definition) is 6. The summed E-state index contributed by atoms with van der Waals surface area (Å²) in [4.78, 5) is 26.8. The van der Waals surface area contributed by atoms with Crippen molar-refractivity contribution in [2.75, 3.05) is 12.4 Å². The van der Waals surface area contributed by atoms with E-state index in [0.29, 0.717) is 5.13 Å². The zero-order valence-corrected chi connectivity index (χ0v) is 13.1. The van der Waals surface area contributed by atoms with Crippen LogP contribution in [0, 0.1) is 10.1 Å². The smallest absolute Gasteiger partial charge is 0.311 e. The van der Waals surface area contributed by atoms with Gasteiger partial charge in [-0.05, 0) is 18.1 Å². The first-order chi connectivity index (χ1) is 10.4. The maximum atomic E-state index is 12.2. The molecule has 0 bridgehead atoms. The van der Waals surface area contributed by atoms with Gasteiger partial charge in [0.25, 0.3) is 5.91 Å². The van der Waals surface area contributed by atoms with E-state index in [1.165, 1.54) is 36.6 Å². The van der Waals surface area contributed by atoms with Gasteiger partial charge in [0.2, 0.25) is 0 Å². The van der Waals surface area contributed by atoms with Gasteiger partial charge in [0.15, 0.2) is 10.9 Å². The van der Waals surface area contributed by atoms with Crippen molar-refractivity contribution in [2.45, 2.75) is 19.8 Å². The SMILES string of the molecule is COc1ccc(C(=O)Nc2nc(C(C)C)cs2)cc1[N+](=O)[O-]. The molecule has 0 aliphatic heterocycles. The first-order valence-electron chi connectivity index (χ1n) is 6.51. The molecule has 0 unspecified atom stereocenters. The van der Waals surface area contributed by atoms with E-state index in [9.17, 15) is 14.9 Å². The second-order valence-electron chi connectivity index (χ2n) is 4.83. The largest absolute Gasteiger partial charge is 0.490 e. The molecule has 22 heavy (non-hydrogen) atoms. The number of amides is 1. The van der Waals surface area contributed by atoms with Crippen molar-refractivity contribution in [1.29, 1.82) is 0 Å². The van der Waals surface area contributed by atoms with E-state index in [1.807, 2.05) is 19.2 Å². The summed E-state index contributed by atoms with van der Waals surface area (Å²) in [5.74, 6) is -0.0720. The number of nitrogens with zero attached hydrogens (tertiary/aromatic N) is 2. The lowest BCUT2D eigenvalue weighted by Crippen LogP contribution is -2.12. The maximum Gasteiger partial charge on any atom is 0.311 e. The minimum atomic E-state index is -0.587. The Morgan fingerprint density at radius 3 is 2.73 bits per heavy atom. The van der Waals surface area contributed by atoms with E-state index in [2.05, 4.69) is 10.3 Å². The monoisotopic (exact) mass is 321 g/mol. The lowest BCUT2D eigenvalue weighted by atomic mass is 10.1. The number of ether oxygens (including phenoxy) is 1. The Bertz CT molecular complexity index is 712. The van der Waals surface area contributed by atoms with Crippen LogP contribution in [0.15, 0.2) is 23.6 Å². The number of carbonyl (C=O) groups excluding carboxylic acids is 1. The molecule has 1 amide bonds. The summed E-state index contributed by atoms with van der Waals surface area (Å²) in [6.07, 6.45) is 0. The molecule has 1 aromatic carbocycles. The van der Waals surface area contributed by atoms with Gasteiger partial charge in [-0.15, -0.1) is 11.3 Å². The molecule has 0 saturated heterocycles. The zero-order chi connectivity index (χ0) is 16.3. The minimum Gasteiger partial charge on any atom is -0.490 e. The number of thiazole rings is 1. The molecule has 0 atom stereocenters. The third-order valence-electron chi connectivity index (χ3n) is 2.97. The molecule has 0 spiro atoms. The van der Waals surface area contributed by atoms with Gasteiger partial charge >= 0.3 is 5.69 Å². The predicted molar refractivity (Wildman–Crippen MR) is 83.8 cm³/mol. The van der Waals surface area contributed by atoms with Crippen molar-refractivity contribution in [3.8, 4) is 5.75 Å². The van der Waals surface area contributed by atoms with E-state index >= 15 is 0 Å². The Kier molecular flexibility index (Phi) is 4.71. The number of anilines is 1. The van der Waals surface area contributed by atoms with E-state index < -0.39 is 10.8 Å². The average molecular weight is 321 g/mol. The number of nitro benzene ring substituents is 1. The van der Waals surface area contributed by atoms with Crippen molar-refractivity contribution in [3.63, 3.8) is 0 Å². The standard InChI is InChI=1S/C14H15N3O4S/c1-8(2)10-7-22-14(15-10)16-13(18)9-4-5-12(21-3)11(6-9)17(19)20/h4-8H,1-3H3,(H,15,16,18). The number of carbonyl (C=O) groups is 1. The fourth-order valence-corrected chi connectivity index (χ4v) is 2.62. The molecule has 0 fully saturated rings. The fraction of sp³-hybridized carbons (Fsp3) is 0.286. The average Bonchev–Trinajstić information content (AvgIpc) is 2.95. The number of benzene rings is 1. The van der Waals surface area contributed by atoms with Crippen molar-refractivity contribution in [3.05, 3.63) is 45.0 Å². The van der Waals surface area contributed by atoms with Crippen LogP contribution in [0.4, 0.5) is 10.8 Å². The van der Waals surface area contributed by atoms with Crippen molar-refractivity contribution in [1.82, 2.24) is 4.98 Å². The summed E-state index contributed by atoms with van der Waals surface area (Å²) in [6.45, 7) is 4.01. The summed E-state index contributed by atoms with van der Waals surface area (Å²) in [5.41, 5.74) is 0.812. The van der Waals surface area contributed by atoms with E-state index in [1.54, 1.807) is 0 Å². The van der Waals surface area contributed by atoms with Gasteiger partial charge in [-0.1, -0.05) is 13.8 Å². The van der Waals surface area contributed by atoms with Crippen LogP contribution in [0.5, 0.6) is 5.75 Å². The van der Waals surface area contributed by atoms with Gasteiger partial charge in [-0.3, -0.25) is 20.2 Å². The highest BCUT2D eigenvalue weighted by molar-refractivity contribution is 7.14. The molecule has 2 rings (SSSR count). The van der Waals surface area contributed by atoms with Crippen LogP contribution in [0.3, 0.4) is 0 Å². The maximum absolute atomic E-state index is 12.2. The molecule has 1 aromatic heterocycles. The third-order valence-corrected chi connectivity index (χ3v) is 3.75. The first kappa shape index (κ1) is 15.9. The van der Waals surface area contributed by atoms with Gasteiger partial charge in [-0.2, -0.15) is 0 Å². The summed E-state index contributed by atoms with van der Waals surface area (Å²) in [7, 11) is 1.34. The van der Waals surface area contributed by atoms with Gasteiger partial charge in [0, 0.05) is 17.0 Å². The highest BCUT2D eigenvalue weighted by atomic mass is 32.1. The zero-order valence-electron chi connectivity index (χ0n) is 12.3. The van der Waals surface area contributed by atoms with Crippen molar-refractivity contribution < 1.29 is 14.5 Å². The van der Waals surface area contributed by atoms with Crippen molar-refractivity contribution >= 4 is 28.1 Å². The van der Waals surface area contributed by atoms with Crippen molar-refractivity contribution in [2.24, 2.45) is 0 Å². The van der Waals surface area contributed by atoms with Gasteiger partial charge in [0.05, 0.1) is 17.7 Å². The summed E-state index contributed by atoms with van der Waals surface area (Å²) < 4.78 is 4.91. The van der Waals surface area contributed by atoms with Crippen LogP contribution < -0.4 is 10.1 Å². The number of nitrogens with one attached hydrogen (secondary N) is 1. The van der Waals surface area contributed by atoms with Crippen LogP contribution in [-0.2, 0) is 0 Å². The first-order valence-corrected chi connectivity index (χ1v) is 7.39. The highest BCUT2D eigenvalue weighted by Crippen LogP contribution is 2.28. The molecule has 2 aromatic rings. The summed E-state index contributed by atoms with van der Waals surface area (Å²) in [6, 6.07) is 4.05. The molecular weight excluding hydrogens is 306 g/mol. The van der Waals surface area contributed by atoms with Gasteiger partial charge in [-0.25, -0.2) is 4.98 Å². The van der Waals surface area contributed by atoms with Crippen LogP contribution in [0.25, 0.3) is 0 Å². The quantitative estimate of drug-likeness (QED) is 0.672. The predicted octanol–water partition coefficient (Wildman–Crippen LogP) is 3.44. The second-order valence-corrected chi connectivity index (χ2v) is 5.69.